The van der Waals surface area contributed by atoms with Crippen molar-refractivity contribution in [2.45, 2.75) is 19.4 Å². The average molecular weight is 284 g/mol. The normalized spacial score (nSPS) is 17.5. The van der Waals surface area contributed by atoms with Crippen LogP contribution in [0, 0.1) is 12.7 Å². The molecule has 108 valence electrons. The second-order valence-electron chi connectivity index (χ2n) is 5.47. The molecule has 1 heterocycles. The van der Waals surface area contributed by atoms with E-state index >= 15 is 0 Å². The van der Waals surface area contributed by atoms with Gasteiger partial charge in [-0.2, -0.15) is 0 Å². The van der Waals surface area contributed by atoms with Crippen LogP contribution in [0.15, 0.2) is 42.5 Å². The Morgan fingerprint density at radius 1 is 1.29 bits per heavy atom. The summed E-state index contributed by atoms with van der Waals surface area (Å²) in [6, 6.07) is 11.9. The van der Waals surface area contributed by atoms with Crippen LogP contribution in [-0.2, 0) is 6.42 Å². The van der Waals surface area contributed by atoms with E-state index in [-0.39, 0.29) is 11.9 Å². The molecular formula is C17H17FN2O. The smallest absolute Gasteiger partial charge is 0.258 e. The number of benzene rings is 2. The summed E-state index contributed by atoms with van der Waals surface area (Å²) in [5.41, 5.74) is 9.13. The molecule has 3 nitrogen and oxygen atoms in total. The number of para-hydroxylation sites is 1. The summed E-state index contributed by atoms with van der Waals surface area (Å²) in [4.78, 5) is 14.4. The van der Waals surface area contributed by atoms with Crippen LogP contribution in [0.1, 0.15) is 21.5 Å². The molecule has 0 fully saturated rings. The summed E-state index contributed by atoms with van der Waals surface area (Å²) in [6.07, 6.45) is 0.752. The largest absolute Gasteiger partial charge is 0.326 e. The Labute approximate surface area is 123 Å². The first-order chi connectivity index (χ1) is 10.1. The lowest BCUT2D eigenvalue weighted by atomic mass is 9.97. The van der Waals surface area contributed by atoms with E-state index in [4.69, 9.17) is 5.73 Å². The van der Waals surface area contributed by atoms with Gasteiger partial charge in [-0.25, -0.2) is 4.39 Å². The zero-order chi connectivity index (χ0) is 15.0. The van der Waals surface area contributed by atoms with Crippen molar-refractivity contribution in [2.24, 2.45) is 5.73 Å². The lowest BCUT2D eigenvalue weighted by Crippen LogP contribution is -2.46. The Balaban J connectivity index is 2.04. The molecule has 3 rings (SSSR count). The van der Waals surface area contributed by atoms with Crippen LogP contribution in [0.5, 0.6) is 0 Å². The summed E-state index contributed by atoms with van der Waals surface area (Å²) in [5.74, 6) is -0.604. The average Bonchev–Trinajstić information content (AvgIpc) is 2.48. The van der Waals surface area contributed by atoms with E-state index in [0.29, 0.717) is 12.1 Å². The number of anilines is 1. The van der Waals surface area contributed by atoms with Gasteiger partial charge in [0.05, 0.1) is 0 Å². The Kier molecular flexibility index (Phi) is 3.47. The third kappa shape index (κ3) is 2.54. The third-order valence-electron chi connectivity index (χ3n) is 3.86. The van der Waals surface area contributed by atoms with Crippen molar-refractivity contribution in [2.75, 3.05) is 11.4 Å². The zero-order valence-electron chi connectivity index (χ0n) is 11.8. The highest BCUT2D eigenvalue weighted by Gasteiger charge is 2.28. The monoisotopic (exact) mass is 284 g/mol. The molecule has 1 aliphatic rings. The number of amides is 1. The molecule has 0 aliphatic carbocycles. The molecule has 4 heteroatoms. The molecule has 1 unspecified atom stereocenters. The van der Waals surface area contributed by atoms with E-state index in [9.17, 15) is 9.18 Å². The minimum atomic E-state index is -0.404. The quantitative estimate of drug-likeness (QED) is 0.875. The van der Waals surface area contributed by atoms with Gasteiger partial charge >= 0.3 is 0 Å². The van der Waals surface area contributed by atoms with Crippen LogP contribution < -0.4 is 10.6 Å². The van der Waals surface area contributed by atoms with Crippen LogP contribution in [0.4, 0.5) is 10.1 Å². The summed E-state index contributed by atoms with van der Waals surface area (Å²) >= 11 is 0. The number of nitrogens with two attached hydrogens (primary N) is 1. The third-order valence-corrected chi connectivity index (χ3v) is 3.86. The van der Waals surface area contributed by atoms with Gasteiger partial charge in [-0.1, -0.05) is 24.3 Å². The van der Waals surface area contributed by atoms with E-state index in [1.165, 1.54) is 12.1 Å². The molecule has 2 aromatic carbocycles. The van der Waals surface area contributed by atoms with E-state index in [0.717, 1.165) is 23.2 Å². The van der Waals surface area contributed by atoms with Crippen LogP contribution in [0.2, 0.25) is 0 Å². The van der Waals surface area contributed by atoms with Crippen molar-refractivity contribution in [1.82, 2.24) is 0 Å². The van der Waals surface area contributed by atoms with Crippen molar-refractivity contribution in [3.05, 3.63) is 65.0 Å². The first-order valence-electron chi connectivity index (χ1n) is 6.98. The Bertz CT molecular complexity index is 699. The van der Waals surface area contributed by atoms with Gasteiger partial charge < -0.3 is 10.6 Å². The molecule has 0 aromatic heterocycles. The minimum Gasteiger partial charge on any atom is -0.326 e. The topological polar surface area (TPSA) is 46.3 Å². The molecule has 0 radical (unpaired) electrons. The number of aryl methyl sites for hydroxylation is 1. The van der Waals surface area contributed by atoms with E-state index < -0.39 is 5.82 Å². The molecule has 0 bridgehead atoms. The molecule has 0 spiro atoms. The minimum absolute atomic E-state index is 0.0993. The van der Waals surface area contributed by atoms with Gasteiger partial charge in [0.15, 0.2) is 0 Å². The lowest BCUT2D eigenvalue weighted by molar-refractivity contribution is 0.0982. The molecule has 1 aliphatic heterocycles. The Hall–Kier alpha value is -2.20. The maximum atomic E-state index is 13.5. The standard InChI is InChI=1S/C17H17FN2O/c1-11-6-7-13(18)9-15(11)17(21)20-10-14(19)8-12-4-2-3-5-16(12)20/h2-7,9,14H,8,10,19H2,1H3. The summed E-state index contributed by atoms with van der Waals surface area (Å²) in [6.45, 7) is 2.26. The highest BCUT2D eigenvalue weighted by Crippen LogP contribution is 2.28. The summed E-state index contributed by atoms with van der Waals surface area (Å²) in [5, 5.41) is 0. The zero-order valence-corrected chi connectivity index (χ0v) is 11.8. The van der Waals surface area contributed by atoms with E-state index in [1.807, 2.05) is 31.2 Å². The molecule has 1 atom stereocenters. The van der Waals surface area contributed by atoms with Gasteiger partial charge in [-0.15, -0.1) is 0 Å². The molecule has 0 saturated carbocycles. The fourth-order valence-electron chi connectivity index (χ4n) is 2.79. The predicted molar refractivity (Wildman–Crippen MR) is 80.9 cm³/mol. The highest BCUT2D eigenvalue weighted by atomic mass is 19.1. The Morgan fingerprint density at radius 3 is 2.86 bits per heavy atom. The summed E-state index contributed by atoms with van der Waals surface area (Å²) < 4.78 is 13.5. The number of carbonyl (C=O) groups excluding carboxylic acids is 1. The van der Waals surface area contributed by atoms with Crippen molar-refractivity contribution in [3.63, 3.8) is 0 Å². The van der Waals surface area contributed by atoms with Crippen LogP contribution in [0.3, 0.4) is 0 Å². The molecule has 2 N–H and O–H groups in total. The molecule has 2 aromatic rings. The summed E-state index contributed by atoms with van der Waals surface area (Å²) in [7, 11) is 0. The van der Waals surface area contributed by atoms with Gasteiger partial charge in [0.2, 0.25) is 0 Å². The SMILES string of the molecule is Cc1ccc(F)cc1C(=O)N1CC(N)Cc2ccccc21. The van der Waals surface area contributed by atoms with Crippen molar-refractivity contribution >= 4 is 11.6 Å². The molecule has 21 heavy (non-hydrogen) atoms. The fourth-order valence-corrected chi connectivity index (χ4v) is 2.79. The van der Waals surface area contributed by atoms with Gasteiger partial charge in [0.25, 0.3) is 5.91 Å². The second-order valence-corrected chi connectivity index (χ2v) is 5.47. The van der Waals surface area contributed by atoms with Crippen molar-refractivity contribution in [3.8, 4) is 0 Å². The van der Waals surface area contributed by atoms with Crippen molar-refractivity contribution < 1.29 is 9.18 Å². The maximum Gasteiger partial charge on any atom is 0.258 e. The Morgan fingerprint density at radius 2 is 2.05 bits per heavy atom. The van der Waals surface area contributed by atoms with Crippen LogP contribution >= 0.6 is 0 Å². The molecule has 1 amide bonds. The molecule has 0 saturated heterocycles. The van der Waals surface area contributed by atoms with E-state index in [1.54, 1.807) is 11.0 Å². The first-order valence-corrected chi connectivity index (χ1v) is 6.98. The number of hydrogen-bond acceptors (Lipinski definition) is 2. The van der Waals surface area contributed by atoms with Crippen LogP contribution in [0.25, 0.3) is 0 Å². The predicted octanol–water partition coefficient (Wildman–Crippen LogP) is 2.66. The number of hydrogen-bond donors (Lipinski definition) is 1. The van der Waals surface area contributed by atoms with Crippen molar-refractivity contribution in [1.29, 1.82) is 0 Å². The number of rotatable bonds is 1. The maximum absolute atomic E-state index is 13.5. The van der Waals surface area contributed by atoms with Gasteiger partial charge in [-0.05, 0) is 42.7 Å². The van der Waals surface area contributed by atoms with Gasteiger partial charge in [-0.3, -0.25) is 4.79 Å². The first kappa shape index (κ1) is 13.8. The number of fused-ring (bicyclic) bond motifs is 1. The second kappa shape index (κ2) is 5.30. The highest BCUT2D eigenvalue weighted by molar-refractivity contribution is 6.07. The number of nitrogens with zero attached hydrogens (tertiary/aromatic N) is 1. The number of halogens is 1. The fraction of sp³-hybridized carbons (Fsp3) is 0.235. The van der Waals surface area contributed by atoms with E-state index in [2.05, 4.69) is 0 Å². The number of carbonyl (C=O) groups is 1. The van der Waals surface area contributed by atoms with Crippen LogP contribution in [-0.4, -0.2) is 18.5 Å². The lowest BCUT2D eigenvalue weighted by Gasteiger charge is -2.33. The van der Waals surface area contributed by atoms with Gasteiger partial charge in [0, 0.05) is 23.8 Å². The van der Waals surface area contributed by atoms with Gasteiger partial charge in [0.1, 0.15) is 5.82 Å². The molecular weight excluding hydrogens is 267 g/mol.